The van der Waals surface area contributed by atoms with Gasteiger partial charge < -0.3 is 5.32 Å². The van der Waals surface area contributed by atoms with Crippen molar-refractivity contribution in [2.75, 3.05) is 23.9 Å². The van der Waals surface area contributed by atoms with Gasteiger partial charge in [0.25, 0.3) is 0 Å². The van der Waals surface area contributed by atoms with Crippen LogP contribution in [0.1, 0.15) is 20.8 Å². The Balaban J connectivity index is 3.83. The van der Waals surface area contributed by atoms with Crippen molar-refractivity contribution in [2.45, 2.75) is 26.8 Å². The first-order chi connectivity index (χ1) is 6.43. The van der Waals surface area contributed by atoms with E-state index in [1.807, 2.05) is 0 Å². The van der Waals surface area contributed by atoms with Crippen LogP contribution in [0.3, 0.4) is 0 Å². The van der Waals surface area contributed by atoms with Crippen LogP contribution in [-0.2, 0) is 9.84 Å². The van der Waals surface area contributed by atoms with Gasteiger partial charge in [-0.3, -0.25) is 0 Å². The van der Waals surface area contributed by atoms with Gasteiger partial charge in [-0.1, -0.05) is 20.8 Å². The van der Waals surface area contributed by atoms with E-state index in [1.165, 1.54) is 0 Å². The zero-order valence-electron chi connectivity index (χ0n) is 9.09. The predicted octanol–water partition coefficient (Wildman–Crippen LogP) is 1.27. The molecule has 3 nitrogen and oxygen atoms in total. The Morgan fingerprint density at radius 1 is 1.36 bits per heavy atom. The van der Waals surface area contributed by atoms with E-state index in [-0.39, 0.29) is 17.5 Å². The molecule has 0 radical (unpaired) electrons. The van der Waals surface area contributed by atoms with Gasteiger partial charge in [0.05, 0.1) is 5.75 Å². The second-order valence-corrected chi connectivity index (χ2v) is 6.48. The minimum Gasteiger partial charge on any atom is -0.312 e. The summed E-state index contributed by atoms with van der Waals surface area (Å²) in [7, 11) is -2.85. The minimum absolute atomic E-state index is 0.198. The number of hydrogen-bond acceptors (Lipinski definition) is 3. The summed E-state index contributed by atoms with van der Waals surface area (Å²) in [6, 6.07) is 0.198. The molecule has 14 heavy (non-hydrogen) atoms. The standard InChI is InChI=1S/C9H20ClNO2S/c1-4-14(12,13)6-5-11-9(7-10)8(2)3/h8-9,11H,4-7H2,1-3H3. The third-order valence-corrected chi connectivity index (χ3v) is 4.27. The van der Waals surface area contributed by atoms with Gasteiger partial charge in [-0.05, 0) is 5.92 Å². The van der Waals surface area contributed by atoms with Crippen molar-refractivity contribution < 1.29 is 8.42 Å². The van der Waals surface area contributed by atoms with Crippen molar-refractivity contribution in [1.29, 1.82) is 0 Å². The first-order valence-electron chi connectivity index (χ1n) is 4.92. The number of rotatable bonds is 7. The Morgan fingerprint density at radius 3 is 2.29 bits per heavy atom. The Kier molecular flexibility index (Phi) is 6.74. The highest BCUT2D eigenvalue weighted by Crippen LogP contribution is 2.03. The molecule has 1 N–H and O–H groups in total. The van der Waals surface area contributed by atoms with Crippen LogP contribution < -0.4 is 5.32 Å². The molecule has 0 fully saturated rings. The SMILES string of the molecule is CCS(=O)(=O)CCNC(CCl)C(C)C. The molecule has 0 spiro atoms. The third-order valence-electron chi connectivity index (χ3n) is 2.23. The number of halogens is 1. The second-order valence-electron chi connectivity index (χ2n) is 3.70. The average Bonchev–Trinajstić information content (AvgIpc) is 2.12. The molecule has 0 aromatic heterocycles. The molecule has 0 aliphatic carbocycles. The predicted molar refractivity (Wildman–Crippen MR) is 61.7 cm³/mol. The Morgan fingerprint density at radius 2 is 1.93 bits per heavy atom. The highest BCUT2D eigenvalue weighted by Gasteiger charge is 2.13. The van der Waals surface area contributed by atoms with E-state index in [2.05, 4.69) is 19.2 Å². The first kappa shape index (κ1) is 14.2. The lowest BCUT2D eigenvalue weighted by Crippen LogP contribution is -2.38. The molecule has 0 aliphatic heterocycles. The van der Waals surface area contributed by atoms with Gasteiger partial charge in [-0.15, -0.1) is 11.6 Å². The van der Waals surface area contributed by atoms with Crippen molar-refractivity contribution in [3.8, 4) is 0 Å². The van der Waals surface area contributed by atoms with Crippen LogP contribution in [0.25, 0.3) is 0 Å². The molecule has 0 aromatic carbocycles. The summed E-state index contributed by atoms with van der Waals surface area (Å²) in [6.07, 6.45) is 0. The summed E-state index contributed by atoms with van der Waals surface area (Å²) in [4.78, 5) is 0. The van der Waals surface area contributed by atoms with Gasteiger partial charge in [0.1, 0.15) is 0 Å². The highest BCUT2D eigenvalue weighted by molar-refractivity contribution is 7.91. The fourth-order valence-corrected chi connectivity index (χ4v) is 2.20. The lowest BCUT2D eigenvalue weighted by Gasteiger charge is -2.19. The average molecular weight is 242 g/mol. The summed E-state index contributed by atoms with van der Waals surface area (Å²) in [5.41, 5.74) is 0. The van der Waals surface area contributed by atoms with Crippen LogP contribution in [0.5, 0.6) is 0 Å². The molecule has 0 bridgehead atoms. The van der Waals surface area contributed by atoms with Gasteiger partial charge in [-0.2, -0.15) is 0 Å². The minimum atomic E-state index is -2.85. The maximum Gasteiger partial charge on any atom is 0.151 e. The molecule has 1 unspecified atom stereocenters. The van der Waals surface area contributed by atoms with E-state index in [9.17, 15) is 8.42 Å². The lowest BCUT2D eigenvalue weighted by atomic mass is 10.1. The summed E-state index contributed by atoms with van der Waals surface area (Å²) in [5, 5.41) is 3.15. The van der Waals surface area contributed by atoms with E-state index in [0.29, 0.717) is 18.3 Å². The van der Waals surface area contributed by atoms with Gasteiger partial charge >= 0.3 is 0 Å². The largest absolute Gasteiger partial charge is 0.312 e. The normalized spacial score (nSPS) is 14.6. The summed E-state index contributed by atoms with van der Waals surface area (Å²) >= 11 is 5.73. The molecule has 0 saturated heterocycles. The van der Waals surface area contributed by atoms with Gasteiger partial charge in [0, 0.05) is 24.2 Å². The Labute approximate surface area is 92.1 Å². The molecule has 0 rings (SSSR count). The molecule has 0 heterocycles. The molecule has 86 valence electrons. The fourth-order valence-electron chi connectivity index (χ4n) is 1.01. The zero-order chi connectivity index (χ0) is 11.2. The lowest BCUT2D eigenvalue weighted by molar-refractivity contribution is 0.441. The van der Waals surface area contributed by atoms with Crippen LogP contribution in [0.2, 0.25) is 0 Å². The van der Waals surface area contributed by atoms with Crippen LogP contribution in [0.15, 0.2) is 0 Å². The van der Waals surface area contributed by atoms with Crippen LogP contribution in [0.4, 0.5) is 0 Å². The number of sulfone groups is 1. The number of nitrogens with one attached hydrogen (secondary N) is 1. The van der Waals surface area contributed by atoms with Crippen molar-refractivity contribution in [1.82, 2.24) is 5.32 Å². The van der Waals surface area contributed by atoms with Crippen molar-refractivity contribution in [3.63, 3.8) is 0 Å². The molecule has 5 heteroatoms. The second kappa shape index (κ2) is 6.64. The van der Waals surface area contributed by atoms with Gasteiger partial charge in [0.15, 0.2) is 9.84 Å². The fraction of sp³-hybridized carbons (Fsp3) is 1.00. The van der Waals surface area contributed by atoms with E-state index in [1.54, 1.807) is 6.92 Å². The summed E-state index contributed by atoms with van der Waals surface area (Å²) in [5.74, 6) is 1.35. The first-order valence-corrected chi connectivity index (χ1v) is 7.28. The summed E-state index contributed by atoms with van der Waals surface area (Å²) in [6.45, 7) is 6.28. The number of hydrogen-bond donors (Lipinski definition) is 1. The molecule has 1 atom stereocenters. The Hall–Kier alpha value is 0.200. The third kappa shape index (κ3) is 5.83. The van der Waals surface area contributed by atoms with Crippen LogP contribution in [-0.4, -0.2) is 38.4 Å². The van der Waals surface area contributed by atoms with Crippen molar-refractivity contribution in [3.05, 3.63) is 0 Å². The van der Waals surface area contributed by atoms with Crippen LogP contribution >= 0.6 is 11.6 Å². The van der Waals surface area contributed by atoms with Gasteiger partial charge in [0.2, 0.25) is 0 Å². The number of alkyl halides is 1. The highest BCUT2D eigenvalue weighted by atomic mass is 35.5. The maximum absolute atomic E-state index is 11.2. The smallest absolute Gasteiger partial charge is 0.151 e. The molecular formula is C9H20ClNO2S. The monoisotopic (exact) mass is 241 g/mol. The molecular weight excluding hydrogens is 222 g/mol. The molecule has 0 aliphatic rings. The Bertz CT molecular complexity index is 239. The van der Waals surface area contributed by atoms with Crippen molar-refractivity contribution in [2.24, 2.45) is 5.92 Å². The molecule has 0 amide bonds. The zero-order valence-corrected chi connectivity index (χ0v) is 10.7. The van der Waals surface area contributed by atoms with E-state index < -0.39 is 9.84 Å². The van der Waals surface area contributed by atoms with Gasteiger partial charge in [-0.25, -0.2) is 8.42 Å². The van der Waals surface area contributed by atoms with Crippen molar-refractivity contribution >= 4 is 21.4 Å². The van der Waals surface area contributed by atoms with E-state index in [4.69, 9.17) is 11.6 Å². The summed E-state index contributed by atoms with van der Waals surface area (Å²) < 4.78 is 22.3. The molecule has 0 saturated carbocycles. The van der Waals surface area contributed by atoms with Crippen LogP contribution in [0, 0.1) is 5.92 Å². The quantitative estimate of drug-likeness (QED) is 0.683. The van der Waals surface area contributed by atoms with E-state index in [0.717, 1.165) is 0 Å². The topological polar surface area (TPSA) is 46.2 Å². The van der Waals surface area contributed by atoms with E-state index >= 15 is 0 Å². The maximum atomic E-state index is 11.2. The molecule has 0 aromatic rings.